The second-order valence-electron chi connectivity index (χ2n) is 5.13. The van der Waals surface area contributed by atoms with E-state index in [2.05, 4.69) is 27.1 Å². The van der Waals surface area contributed by atoms with Gasteiger partial charge in [0.2, 0.25) is 5.95 Å². The number of nitrogens with one attached hydrogen (secondary N) is 1. The van der Waals surface area contributed by atoms with Crippen LogP contribution in [0.5, 0.6) is 0 Å². The first-order valence-corrected chi connectivity index (χ1v) is 7.26. The highest BCUT2D eigenvalue weighted by Gasteiger charge is 2.20. The van der Waals surface area contributed by atoms with Crippen molar-refractivity contribution < 1.29 is 5.11 Å². The van der Waals surface area contributed by atoms with E-state index >= 15 is 0 Å². The molecule has 0 aliphatic carbocycles. The van der Waals surface area contributed by atoms with Crippen molar-refractivity contribution in [2.45, 2.75) is 32.6 Å². The molecule has 0 amide bonds. The summed E-state index contributed by atoms with van der Waals surface area (Å²) in [4.78, 5) is 11.1. The zero-order valence-corrected chi connectivity index (χ0v) is 11.7. The summed E-state index contributed by atoms with van der Waals surface area (Å²) in [5, 5.41) is 12.3. The molecule has 1 aliphatic heterocycles. The van der Waals surface area contributed by atoms with Gasteiger partial charge >= 0.3 is 0 Å². The zero-order chi connectivity index (χ0) is 13.5. The third-order valence-corrected chi connectivity index (χ3v) is 3.55. The standard InChI is InChI=1S/C14H24N4O/c1-2-7-15-14-16-8-5-13(17-14)18-9-3-4-12(11-18)6-10-19/h5,8,12,19H,2-4,6-7,9-11H2,1H3,(H,15,16,17). The van der Waals surface area contributed by atoms with Gasteiger partial charge in [0, 0.05) is 32.4 Å². The molecule has 2 rings (SSSR count). The van der Waals surface area contributed by atoms with Crippen molar-refractivity contribution in [1.29, 1.82) is 0 Å². The lowest BCUT2D eigenvalue weighted by molar-refractivity contribution is 0.244. The molecule has 1 aliphatic rings. The minimum absolute atomic E-state index is 0.283. The Morgan fingerprint density at radius 2 is 2.42 bits per heavy atom. The Morgan fingerprint density at radius 3 is 3.21 bits per heavy atom. The molecule has 1 saturated heterocycles. The van der Waals surface area contributed by atoms with Gasteiger partial charge in [-0.25, -0.2) is 4.98 Å². The zero-order valence-electron chi connectivity index (χ0n) is 11.7. The summed E-state index contributed by atoms with van der Waals surface area (Å²) in [6.45, 7) is 5.35. The minimum atomic E-state index is 0.283. The predicted molar refractivity (Wildman–Crippen MR) is 77.5 cm³/mol. The maximum Gasteiger partial charge on any atom is 0.224 e. The Balaban J connectivity index is 1.99. The van der Waals surface area contributed by atoms with Gasteiger partial charge in [0.1, 0.15) is 5.82 Å². The summed E-state index contributed by atoms with van der Waals surface area (Å²) in [6.07, 6.45) is 6.16. The maximum atomic E-state index is 9.06. The molecule has 1 unspecified atom stereocenters. The smallest absolute Gasteiger partial charge is 0.224 e. The van der Waals surface area contributed by atoms with Crippen molar-refractivity contribution >= 4 is 11.8 Å². The number of hydrogen-bond donors (Lipinski definition) is 2. The van der Waals surface area contributed by atoms with E-state index < -0.39 is 0 Å². The van der Waals surface area contributed by atoms with Crippen LogP contribution in [0.25, 0.3) is 0 Å². The Hall–Kier alpha value is -1.36. The molecule has 106 valence electrons. The summed E-state index contributed by atoms with van der Waals surface area (Å²) in [5.74, 6) is 2.29. The van der Waals surface area contributed by atoms with E-state index in [4.69, 9.17) is 5.11 Å². The molecule has 0 saturated carbocycles. The van der Waals surface area contributed by atoms with Crippen LogP contribution in [0.15, 0.2) is 12.3 Å². The molecular formula is C14H24N4O. The van der Waals surface area contributed by atoms with Crippen LogP contribution in [0.2, 0.25) is 0 Å². The average molecular weight is 264 g/mol. The van der Waals surface area contributed by atoms with E-state index in [0.717, 1.165) is 38.3 Å². The van der Waals surface area contributed by atoms with Crippen LogP contribution in [0, 0.1) is 5.92 Å². The summed E-state index contributed by atoms with van der Waals surface area (Å²) >= 11 is 0. The molecule has 1 atom stereocenters. The minimum Gasteiger partial charge on any atom is -0.396 e. The number of piperidine rings is 1. The van der Waals surface area contributed by atoms with Gasteiger partial charge in [0.25, 0.3) is 0 Å². The Kier molecular flexibility index (Phi) is 5.39. The number of rotatable bonds is 6. The molecular weight excluding hydrogens is 240 g/mol. The Morgan fingerprint density at radius 1 is 1.53 bits per heavy atom. The number of anilines is 2. The van der Waals surface area contributed by atoms with Crippen molar-refractivity contribution in [3.05, 3.63) is 12.3 Å². The van der Waals surface area contributed by atoms with Crippen LogP contribution in [-0.4, -0.2) is 41.3 Å². The third-order valence-electron chi connectivity index (χ3n) is 3.55. The number of nitrogens with zero attached hydrogens (tertiary/aromatic N) is 3. The quantitative estimate of drug-likeness (QED) is 0.821. The molecule has 0 bridgehead atoms. The average Bonchev–Trinajstić information content (AvgIpc) is 2.46. The summed E-state index contributed by atoms with van der Waals surface area (Å²) in [5.41, 5.74) is 0. The van der Waals surface area contributed by atoms with Crippen molar-refractivity contribution in [3.63, 3.8) is 0 Å². The van der Waals surface area contributed by atoms with Gasteiger partial charge in [0.15, 0.2) is 0 Å². The van der Waals surface area contributed by atoms with E-state index in [1.807, 2.05) is 12.3 Å². The number of aromatic nitrogens is 2. The fraction of sp³-hybridized carbons (Fsp3) is 0.714. The SMILES string of the molecule is CCCNc1nccc(N2CCCC(CCO)C2)n1. The lowest BCUT2D eigenvalue weighted by Crippen LogP contribution is -2.36. The van der Waals surface area contributed by atoms with Gasteiger partial charge in [0.05, 0.1) is 0 Å². The van der Waals surface area contributed by atoms with E-state index in [0.29, 0.717) is 11.9 Å². The molecule has 1 fully saturated rings. The summed E-state index contributed by atoms with van der Waals surface area (Å²) in [7, 11) is 0. The number of hydrogen-bond acceptors (Lipinski definition) is 5. The molecule has 1 aromatic heterocycles. The van der Waals surface area contributed by atoms with Gasteiger partial charge in [-0.2, -0.15) is 4.98 Å². The molecule has 5 heteroatoms. The largest absolute Gasteiger partial charge is 0.396 e. The van der Waals surface area contributed by atoms with Crippen LogP contribution in [-0.2, 0) is 0 Å². The second-order valence-corrected chi connectivity index (χ2v) is 5.13. The molecule has 0 spiro atoms. The van der Waals surface area contributed by atoms with Crippen molar-refractivity contribution in [2.75, 3.05) is 36.5 Å². The molecule has 5 nitrogen and oxygen atoms in total. The highest BCUT2D eigenvalue weighted by atomic mass is 16.3. The monoisotopic (exact) mass is 264 g/mol. The first kappa shape index (κ1) is 14.1. The third kappa shape index (κ3) is 4.06. The lowest BCUT2D eigenvalue weighted by Gasteiger charge is -2.33. The second kappa shape index (κ2) is 7.28. The van der Waals surface area contributed by atoms with Crippen molar-refractivity contribution in [1.82, 2.24) is 9.97 Å². The van der Waals surface area contributed by atoms with Gasteiger partial charge in [-0.05, 0) is 37.7 Å². The van der Waals surface area contributed by atoms with Gasteiger partial charge in [-0.1, -0.05) is 6.92 Å². The van der Waals surface area contributed by atoms with Crippen LogP contribution in [0.3, 0.4) is 0 Å². The molecule has 0 aromatic carbocycles. The maximum absolute atomic E-state index is 9.06. The van der Waals surface area contributed by atoms with Crippen LogP contribution < -0.4 is 10.2 Å². The number of aliphatic hydroxyl groups is 1. The highest BCUT2D eigenvalue weighted by Crippen LogP contribution is 2.23. The number of aliphatic hydroxyl groups excluding tert-OH is 1. The fourth-order valence-corrected chi connectivity index (χ4v) is 2.54. The van der Waals surface area contributed by atoms with Gasteiger partial charge in [-0.3, -0.25) is 0 Å². The topological polar surface area (TPSA) is 61.3 Å². The predicted octanol–water partition coefficient (Wildman–Crippen LogP) is 1.90. The Labute approximate surface area is 115 Å². The van der Waals surface area contributed by atoms with E-state index in [1.165, 1.54) is 12.8 Å². The van der Waals surface area contributed by atoms with Crippen LogP contribution >= 0.6 is 0 Å². The molecule has 2 heterocycles. The van der Waals surface area contributed by atoms with Crippen LogP contribution in [0.4, 0.5) is 11.8 Å². The van der Waals surface area contributed by atoms with Gasteiger partial charge < -0.3 is 15.3 Å². The van der Waals surface area contributed by atoms with E-state index in [1.54, 1.807) is 0 Å². The molecule has 1 aromatic rings. The fourth-order valence-electron chi connectivity index (χ4n) is 2.54. The molecule has 19 heavy (non-hydrogen) atoms. The first-order valence-electron chi connectivity index (χ1n) is 7.26. The normalized spacial score (nSPS) is 19.5. The highest BCUT2D eigenvalue weighted by molar-refractivity contribution is 5.42. The van der Waals surface area contributed by atoms with E-state index in [-0.39, 0.29) is 6.61 Å². The molecule has 0 radical (unpaired) electrons. The Bertz CT molecular complexity index is 383. The van der Waals surface area contributed by atoms with Crippen molar-refractivity contribution in [2.24, 2.45) is 5.92 Å². The first-order chi connectivity index (χ1) is 9.33. The van der Waals surface area contributed by atoms with Gasteiger partial charge in [-0.15, -0.1) is 0 Å². The summed E-state index contributed by atoms with van der Waals surface area (Å²) < 4.78 is 0. The summed E-state index contributed by atoms with van der Waals surface area (Å²) in [6, 6.07) is 1.97. The van der Waals surface area contributed by atoms with Crippen molar-refractivity contribution in [3.8, 4) is 0 Å². The van der Waals surface area contributed by atoms with Crippen LogP contribution in [0.1, 0.15) is 32.6 Å². The molecule has 2 N–H and O–H groups in total. The van der Waals surface area contributed by atoms with E-state index in [9.17, 15) is 0 Å². The lowest BCUT2D eigenvalue weighted by atomic mass is 9.95.